The van der Waals surface area contributed by atoms with Crippen molar-refractivity contribution in [2.75, 3.05) is 66.6 Å². The van der Waals surface area contributed by atoms with E-state index in [9.17, 15) is 24.0 Å². The quantitative estimate of drug-likeness (QED) is 0.108. The summed E-state index contributed by atoms with van der Waals surface area (Å²) in [5, 5.41) is 9.10. The highest BCUT2D eigenvalue weighted by atomic mass is 16.5. The summed E-state index contributed by atoms with van der Waals surface area (Å²) in [5.41, 5.74) is 13.0. The molecular formula is C78H103N15O7. The Morgan fingerprint density at radius 1 is 0.480 bits per heavy atom. The zero-order valence-electron chi connectivity index (χ0n) is 64.4. The number of ketones is 1. The first-order chi connectivity index (χ1) is 48.2. The van der Waals surface area contributed by atoms with Gasteiger partial charge in [0.05, 0.1) is 55.2 Å². The van der Waals surface area contributed by atoms with Gasteiger partial charge in [-0.1, -0.05) is 134 Å². The Hall–Kier alpha value is -9.25. The van der Waals surface area contributed by atoms with E-state index in [1.807, 2.05) is 80.5 Å². The number of ether oxygens (including phenoxy) is 2. The Morgan fingerprint density at radius 3 is 1.26 bits per heavy atom. The largest absolute Gasteiger partial charge is 0.381 e. The number of Topliss-reactive ketones (excluding diaryl/α,β-unsaturated/α-hetero) is 1. The van der Waals surface area contributed by atoms with Crippen LogP contribution in [0.2, 0.25) is 0 Å². The molecule has 3 N–H and O–H groups in total. The second-order valence-corrected chi connectivity index (χ2v) is 31.1. The van der Waals surface area contributed by atoms with Crippen molar-refractivity contribution in [1.29, 1.82) is 0 Å². The summed E-state index contributed by atoms with van der Waals surface area (Å²) < 4.78 is 39.9. The molecule has 0 radical (unpaired) electrons. The average molecular weight is 1370 g/mol. The smallest absolute Gasteiger partial charge is 0.271 e. The lowest BCUT2D eigenvalue weighted by atomic mass is 9.87. The number of hydrogen-bond acceptors (Lipinski definition) is 14. The molecule has 2 aliphatic heterocycles. The van der Waals surface area contributed by atoms with Crippen LogP contribution in [0.3, 0.4) is 0 Å². The number of carbonyl (C=O) groups is 5. The average Bonchev–Trinajstić information content (AvgIpc) is 1.72. The van der Waals surface area contributed by atoms with Gasteiger partial charge in [-0.3, -0.25) is 51.5 Å². The molecule has 22 nitrogen and oxygen atoms in total. The van der Waals surface area contributed by atoms with Gasteiger partial charge in [0.2, 0.25) is 0 Å². The van der Waals surface area contributed by atoms with Crippen LogP contribution in [0.15, 0.2) is 123 Å². The fourth-order valence-electron chi connectivity index (χ4n) is 11.0. The first-order valence-electron chi connectivity index (χ1n) is 36.0. The molecule has 13 rings (SSSR count). The molecule has 0 bridgehead atoms. The van der Waals surface area contributed by atoms with Crippen LogP contribution in [0.5, 0.6) is 0 Å². The second-order valence-electron chi connectivity index (χ2n) is 31.1. The summed E-state index contributed by atoms with van der Waals surface area (Å²) >= 11 is 0. The van der Waals surface area contributed by atoms with Crippen molar-refractivity contribution < 1.29 is 37.6 Å². The lowest BCUT2D eigenvalue weighted by Crippen LogP contribution is -2.41. The molecule has 1 saturated carbocycles. The molecule has 11 heterocycles. The number of rotatable bonds is 10. The highest BCUT2D eigenvalue weighted by Gasteiger charge is 2.27. The molecule has 10 aromatic rings. The topological polar surface area (TPSA) is 241 Å². The van der Waals surface area contributed by atoms with E-state index in [-0.39, 0.29) is 62.3 Å². The highest BCUT2D eigenvalue weighted by Crippen LogP contribution is 2.29. The maximum atomic E-state index is 12.5. The summed E-state index contributed by atoms with van der Waals surface area (Å²) in [6, 6.07) is 22.5. The highest BCUT2D eigenvalue weighted by molar-refractivity contribution is 5.96. The van der Waals surface area contributed by atoms with Gasteiger partial charge in [-0.25, -0.2) is 24.9 Å². The van der Waals surface area contributed by atoms with Crippen LogP contribution >= 0.6 is 0 Å². The van der Waals surface area contributed by atoms with Gasteiger partial charge in [0.1, 0.15) is 51.1 Å². The number of morpholine rings is 1. The lowest BCUT2D eigenvalue weighted by Gasteiger charge is -2.26. The van der Waals surface area contributed by atoms with Crippen LogP contribution in [-0.4, -0.2) is 165 Å². The summed E-state index contributed by atoms with van der Waals surface area (Å²) in [6.45, 7) is 37.5. The third kappa shape index (κ3) is 19.4. The Balaban J connectivity index is 0.000000150. The molecule has 0 atom stereocenters. The van der Waals surface area contributed by atoms with E-state index in [4.69, 9.17) is 13.6 Å². The summed E-state index contributed by atoms with van der Waals surface area (Å²) in [4.78, 5) is 89.6. The van der Waals surface area contributed by atoms with Crippen LogP contribution < -0.4 is 16.0 Å². The number of benzene rings is 1. The molecule has 0 unspecified atom stereocenters. The molecule has 0 spiro atoms. The minimum absolute atomic E-state index is 0.0268. The summed E-state index contributed by atoms with van der Waals surface area (Å²) in [5.74, 6) is -0.803. The molecular weight excluding hydrogens is 1260 g/mol. The SMILES string of the molecule is CC(=O)c1cnc2ccc(C(C)(C)C)cc2n1.CC(C)(C)c1ccc2ncc(C(=O)NC3CC3)n2c1.CC(C)(C)c1ccc2ncc(C(=O)NC3CCOCC3)n2c1.CC(C)(C)c1ccc2ncc(C(=O)NCCN3CCOCC3)n2c1.[2H]C([2H])([2H])N(C)C(=O)c1cnc2ccc(C(C)(C)C)cn12. The molecule has 3 aliphatic rings. The number of amides is 4. The monoisotopic (exact) mass is 1360 g/mol. The summed E-state index contributed by atoms with van der Waals surface area (Å²) in [6.07, 6.45) is 19.7. The molecule has 9 aromatic heterocycles. The predicted octanol–water partition coefficient (Wildman–Crippen LogP) is 12.2. The molecule has 3 fully saturated rings. The predicted molar refractivity (Wildman–Crippen MR) is 393 cm³/mol. The van der Waals surface area contributed by atoms with E-state index in [2.05, 4.69) is 179 Å². The van der Waals surface area contributed by atoms with Crippen LogP contribution in [0.25, 0.3) is 33.6 Å². The maximum absolute atomic E-state index is 12.5. The van der Waals surface area contributed by atoms with Crippen LogP contribution in [0.4, 0.5) is 0 Å². The molecule has 1 aromatic carbocycles. The number of pyridine rings is 4. The minimum atomic E-state index is -2.47. The van der Waals surface area contributed by atoms with E-state index in [1.165, 1.54) is 48.6 Å². The van der Waals surface area contributed by atoms with E-state index < -0.39 is 12.9 Å². The first kappa shape index (κ1) is 70.6. The zero-order chi connectivity index (χ0) is 75.1. The third-order valence-corrected chi connectivity index (χ3v) is 17.8. The van der Waals surface area contributed by atoms with E-state index >= 15 is 0 Å². The lowest BCUT2D eigenvalue weighted by molar-refractivity contribution is 0.0383. The number of fused-ring (bicyclic) bond motifs is 5. The van der Waals surface area contributed by atoms with Gasteiger partial charge < -0.3 is 30.3 Å². The Morgan fingerprint density at radius 2 is 0.860 bits per heavy atom. The standard InChI is InChI=1S/C18H26N4O2.C17H23N3O2.C15H19N3O.C14H19N3O.C14H16N2O/c1-18(2,3)14-4-5-16-20-12-15(22(16)13-14)17(23)19-6-7-21-8-10-24-11-9-21;1-17(2,3)12-4-5-15-18-10-14(20(15)11-12)16(21)19-13-6-8-22-9-7-13;1-15(2,3)10-4-7-13-16-8-12(18(13)9-10)14(19)17-11-5-6-11;1-14(2,3)10-6-7-12-15-8-11(17(12)9-10)13(18)16(4)5;1-9(17)13-8-15-11-6-5-10(14(2,3)4)7-12(11)16-13/h4-5,12-13H,6-11H2,1-3H3,(H,19,23);4-5,10-11,13H,6-9H2,1-3H3,(H,19,21);4,7-9,11H,5-6H2,1-3H3,(H,17,19);6-9H,1-5H3;5-8H,1-4H3/i;;;4D3;. The van der Waals surface area contributed by atoms with Gasteiger partial charge in [-0.05, 0) is 117 Å². The van der Waals surface area contributed by atoms with Gasteiger partial charge in [0, 0.05) is 101 Å². The van der Waals surface area contributed by atoms with Gasteiger partial charge in [0.15, 0.2) is 5.78 Å². The fraction of sp³-hybridized carbons (Fsp3) is 0.474. The number of aromatic nitrogens is 10. The van der Waals surface area contributed by atoms with Crippen molar-refractivity contribution in [3.8, 4) is 0 Å². The molecule has 22 heteroatoms. The van der Waals surface area contributed by atoms with Crippen molar-refractivity contribution in [3.63, 3.8) is 0 Å². The molecule has 532 valence electrons. The zero-order valence-corrected chi connectivity index (χ0v) is 61.4. The normalized spacial score (nSPS) is 15.3. The van der Waals surface area contributed by atoms with Crippen molar-refractivity contribution in [2.24, 2.45) is 0 Å². The van der Waals surface area contributed by atoms with Crippen molar-refractivity contribution in [3.05, 3.63) is 179 Å². The Labute approximate surface area is 592 Å². The molecule has 4 amide bonds. The summed E-state index contributed by atoms with van der Waals surface area (Å²) in [7, 11) is 1.27. The number of nitrogens with one attached hydrogen (secondary N) is 3. The number of hydrogen-bond donors (Lipinski definition) is 3. The van der Waals surface area contributed by atoms with Crippen LogP contribution in [0.1, 0.15) is 221 Å². The minimum Gasteiger partial charge on any atom is -0.381 e. The van der Waals surface area contributed by atoms with Crippen molar-refractivity contribution in [2.45, 2.75) is 176 Å². The van der Waals surface area contributed by atoms with Gasteiger partial charge in [-0.15, -0.1) is 0 Å². The van der Waals surface area contributed by atoms with E-state index in [0.717, 1.165) is 97.0 Å². The Bertz CT molecular complexity index is 4650. The first-order valence-corrected chi connectivity index (χ1v) is 34.5. The maximum Gasteiger partial charge on any atom is 0.271 e. The third-order valence-electron chi connectivity index (χ3n) is 17.8. The van der Waals surface area contributed by atoms with Gasteiger partial charge in [0.25, 0.3) is 23.6 Å². The number of nitrogens with zero attached hydrogens (tertiary/aromatic N) is 12. The van der Waals surface area contributed by atoms with E-state index in [0.29, 0.717) is 54.2 Å². The van der Waals surface area contributed by atoms with Gasteiger partial charge in [-0.2, -0.15) is 0 Å². The van der Waals surface area contributed by atoms with Crippen LogP contribution in [-0.2, 0) is 36.5 Å². The van der Waals surface area contributed by atoms with Crippen molar-refractivity contribution >= 4 is 63.0 Å². The Kier molecular flexibility index (Phi) is 22.0. The second kappa shape index (κ2) is 31.1. The number of imidazole rings is 4. The molecule has 100 heavy (non-hydrogen) atoms. The number of carbonyl (C=O) groups excluding carboxylic acids is 5. The molecule has 1 aliphatic carbocycles. The van der Waals surface area contributed by atoms with Gasteiger partial charge >= 0.3 is 0 Å². The van der Waals surface area contributed by atoms with E-state index in [1.54, 1.807) is 23.0 Å². The fourth-order valence-corrected chi connectivity index (χ4v) is 11.0. The molecule has 2 saturated heterocycles. The van der Waals surface area contributed by atoms with Crippen molar-refractivity contribution in [1.82, 2.24) is 73.3 Å². The van der Waals surface area contributed by atoms with Crippen LogP contribution in [0, 0.1) is 0 Å².